The first-order chi connectivity index (χ1) is 10.3. The summed E-state index contributed by atoms with van der Waals surface area (Å²) in [5.41, 5.74) is 4.25. The van der Waals surface area contributed by atoms with Crippen molar-refractivity contribution in [2.45, 2.75) is 19.1 Å². The Morgan fingerprint density at radius 1 is 1.27 bits per heavy atom. The lowest BCUT2D eigenvalue weighted by Crippen LogP contribution is -2.37. The first kappa shape index (κ1) is 15.3. The van der Waals surface area contributed by atoms with E-state index >= 15 is 0 Å². The van der Waals surface area contributed by atoms with E-state index in [0.29, 0.717) is 18.7 Å². The SMILES string of the molecule is NCc1ccc(C(=O)NC[C@@]23CNC[C@]2(C(F)(F)F)C3)cc1. The lowest BCUT2D eigenvalue weighted by Gasteiger charge is -2.20. The minimum atomic E-state index is -4.23. The Morgan fingerprint density at radius 3 is 2.50 bits per heavy atom. The Bertz CT molecular complexity index is 587. The number of nitrogens with one attached hydrogen (secondary N) is 2. The van der Waals surface area contributed by atoms with E-state index in [1.54, 1.807) is 24.3 Å². The van der Waals surface area contributed by atoms with Gasteiger partial charge in [0.25, 0.3) is 5.91 Å². The number of benzene rings is 1. The Kier molecular flexibility index (Phi) is 3.45. The lowest BCUT2D eigenvalue weighted by atomic mass is 9.95. The van der Waals surface area contributed by atoms with Crippen LogP contribution in [0.2, 0.25) is 0 Å². The average molecular weight is 313 g/mol. The van der Waals surface area contributed by atoms with E-state index < -0.39 is 17.0 Å². The van der Waals surface area contributed by atoms with Crippen LogP contribution in [-0.2, 0) is 6.54 Å². The molecule has 120 valence electrons. The molecule has 4 nitrogen and oxygen atoms in total. The zero-order valence-corrected chi connectivity index (χ0v) is 12.0. The second-order valence-corrected chi connectivity index (χ2v) is 6.22. The van der Waals surface area contributed by atoms with Crippen molar-refractivity contribution >= 4 is 5.91 Å². The van der Waals surface area contributed by atoms with E-state index in [0.717, 1.165) is 5.56 Å². The standard InChI is InChI=1S/C15H18F3N3O/c16-15(17,18)14-6-13(14,7-20-9-14)8-21-12(22)11-3-1-10(5-19)2-4-11/h1-4,20H,5-9,19H2,(H,21,22)/t13-,14-/m1/s1. The highest BCUT2D eigenvalue weighted by molar-refractivity contribution is 5.94. The molecule has 0 bridgehead atoms. The fourth-order valence-corrected chi connectivity index (χ4v) is 3.47. The summed E-state index contributed by atoms with van der Waals surface area (Å²) in [6.45, 7) is 0.651. The summed E-state index contributed by atoms with van der Waals surface area (Å²) in [6.07, 6.45) is -4.15. The Morgan fingerprint density at radius 2 is 1.95 bits per heavy atom. The Labute approximate surface area is 126 Å². The van der Waals surface area contributed by atoms with Crippen molar-refractivity contribution < 1.29 is 18.0 Å². The van der Waals surface area contributed by atoms with Gasteiger partial charge in [0.1, 0.15) is 0 Å². The summed E-state index contributed by atoms with van der Waals surface area (Å²) < 4.78 is 39.6. The van der Waals surface area contributed by atoms with Gasteiger partial charge in [-0.1, -0.05) is 12.1 Å². The van der Waals surface area contributed by atoms with Gasteiger partial charge in [-0.25, -0.2) is 0 Å². The highest BCUT2D eigenvalue weighted by atomic mass is 19.4. The van der Waals surface area contributed by atoms with Crippen molar-refractivity contribution in [3.63, 3.8) is 0 Å². The maximum atomic E-state index is 13.2. The second kappa shape index (κ2) is 4.96. The molecule has 0 unspecified atom stereocenters. The molecule has 22 heavy (non-hydrogen) atoms. The van der Waals surface area contributed by atoms with Gasteiger partial charge in [-0.15, -0.1) is 0 Å². The maximum Gasteiger partial charge on any atom is 0.396 e. The molecule has 1 saturated heterocycles. The minimum Gasteiger partial charge on any atom is -0.351 e. The first-order valence-electron chi connectivity index (χ1n) is 7.18. The average Bonchev–Trinajstić information content (AvgIpc) is 3.02. The van der Waals surface area contributed by atoms with Crippen molar-refractivity contribution in [2.75, 3.05) is 19.6 Å². The summed E-state index contributed by atoms with van der Waals surface area (Å²) in [5, 5.41) is 5.45. The molecule has 1 aliphatic carbocycles. The quantitative estimate of drug-likeness (QED) is 0.787. The summed E-state index contributed by atoms with van der Waals surface area (Å²) in [4.78, 5) is 12.1. The van der Waals surface area contributed by atoms with Gasteiger partial charge in [-0.3, -0.25) is 4.79 Å². The van der Waals surface area contributed by atoms with Gasteiger partial charge in [0.05, 0.1) is 5.41 Å². The Hall–Kier alpha value is -1.60. The van der Waals surface area contributed by atoms with Gasteiger partial charge >= 0.3 is 6.18 Å². The molecule has 1 aromatic rings. The van der Waals surface area contributed by atoms with Crippen LogP contribution in [-0.4, -0.2) is 31.7 Å². The number of fused-ring (bicyclic) bond motifs is 1. The molecular formula is C15H18F3N3O. The van der Waals surface area contributed by atoms with Gasteiger partial charge in [0, 0.05) is 37.2 Å². The van der Waals surface area contributed by atoms with Crippen LogP contribution in [0, 0.1) is 10.8 Å². The largest absolute Gasteiger partial charge is 0.396 e. The number of hydrogen-bond acceptors (Lipinski definition) is 3. The van der Waals surface area contributed by atoms with Gasteiger partial charge < -0.3 is 16.4 Å². The minimum absolute atomic E-state index is 0.0387. The van der Waals surface area contributed by atoms with E-state index in [-0.39, 0.29) is 25.4 Å². The third kappa shape index (κ3) is 2.19. The summed E-state index contributed by atoms with van der Waals surface area (Å²) in [5.74, 6) is -0.354. The monoisotopic (exact) mass is 313 g/mol. The van der Waals surface area contributed by atoms with Crippen LogP contribution >= 0.6 is 0 Å². The molecule has 0 spiro atoms. The number of rotatable bonds is 4. The summed E-state index contributed by atoms with van der Waals surface area (Å²) in [7, 11) is 0. The number of carbonyl (C=O) groups excluding carboxylic acids is 1. The van der Waals surface area contributed by atoms with E-state index in [4.69, 9.17) is 5.73 Å². The normalized spacial score (nSPS) is 30.0. The summed E-state index contributed by atoms with van der Waals surface area (Å²) in [6, 6.07) is 6.74. The fourth-order valence-electron chi connectivity index (χ4n) is 3.47. The van der Waals surface area contributed by atoms with E-state index in [9.17, 15) is 18.0 Å². The van der Waals surface area contributed by atoms with Gasteiger partial charge in [-0.2, -0.15) is 13.2 Å². The zero-order chi connectivity index (χ0) is 16.0. The number of piperidine rings is 1. The smallest absolute Gasteiger partial charge is 0.351 e. The zero-order valence-electron chi connectivity index (χ0n) is 12.0. The molecule has 7 heteroatoms. The molecule has 4 N–H and O–H groups in total. The number of alkyl halides is 3. The molecule has 0 aromatic heterocycles. The highest BCUT2D eigenvalue weighted by Gasteiger charge is 2.81. The van der Waals surface area contributed by atoms with E-state index in [1.165, 1.54) is 0 Å². The van der Waals surface area contributed by atoms with Crippen LogP contribution in [0.3, 0.4) is 0 Å². The van der Waals surface area contributed by atoms with Gasteiger partial charge in [0.2, 0.25) is 0 Å². The third-order valence-electron chi connectivity index (χ3n) is 5.00. The number of amides is 1. The van der Waals surface area contributed by atoms with Crippen LogP contribution < -0.4 is 16.4 Å². The van der Waals surface area contributed by atoms with Gasteiger partial charge in [-0.05, 0) is 24.1 Å². The molecule has 1 aromatic carbocycles. The molecule has 0 radical (unpaired) electrons. The van der Waals surface area contributed by atoms with Crippen LogP contribution in [0.25, 0.3) is 0 Å². The predicted octanol–water partition coefficient (Wildman–Crippen LogP) is 1.42. The molecule has 2 fully saturated rings. The highest BCUT2D eigenvalue weighted by Crippen LogP contribution is 2.72. The molecule has 1 amide bonds. The number of carbonyl (C=O) groups is 1. The number of halogens is 3. The van der Waals surface area contributed by atoms with Crippen LogP contribution in [0.4, 0.5) is 13.2 Å². The molecule has 2 aliphatic rings. The van der Waals surface area contributed by atoms with Crippen molar-refractivity contribution in [3.8, 4) is 0 Å². The second-order valence-electron chi connectivity index (χ2n) is 6.22. The van der Waals surface area contributed by atoms with E-state index in [2.05, 4.69) is 10.6 Å². The fraction of sp³-hybridized carbons (Fsp3) is 0.533. The molecule has 2 atom stereocenters. The Balaban J connectivity index is 1.64. The molecule has 1 heterocycles. The lowest BCUT2D eigenvalue weighted by molar-refractivity contribution is -0.190. The molecule has 3 rings (SSSR count). The summed E-state index contributed by atoms with van der Waals surface area (Å²) >= 11 is 0. The van der Waals surface area contributed by atoms with Crippen molar-refractivity contribution in [2.24, 2.45) is 16.6 Å². The van der Waals surface area contributed by atoms with Gasteiger partial charge in [0.15, 0.2) is 0 Å². The maximum absolute atomic E-state index is 13.2. The van der Waals surface area contributed by atoms with Crippen molar-refractivity contribution in [3.05, 3.63) is 35.4 Å². The van der Waals surface area contributed by atoms with Crippen LogP contribution in [0.1, 0.15) is 22.3 Å². The van der Waals surface area contributed by atoms with Crippen molar-refractivity contribution in [1.82, 2.24) is 10.6 Å². The topological polar surface area (TPSA) is 67.2 Å². The van der Waals surface area contributed by atoms with Crippen molar-refractivity contribution in [1.29, 1.82) is 0 Å². The first-order valence-corrected chi connectivity index (χ1v) is 7.18. The molecule has 1 saturated carbocycles. The molecular weight excluding hydrogens is 295 g/mol. The molecule has 1 aliphatic heterocycles. The number of hydrogen-bond donors (Lipinski definition) is 3. The third-order valence-corrected chi connectivity index (χ3v) is 5.00. The van der Waals surface area contributed by atoms with Crippen LogP contribution in [0.15, 0.2) is 24.3 Å². The predicted molar refractivity (Wildman–Crippen MR) is 75.1 cm³/mol. The number of nitrogens with two attached hydrogens (primary N) is 1. The van der Waals surface area contributed by atoms with E-state index in [1.807, 2.05) is 0 Å². The van der Waals surface area contributed by atoms with Crippen LogP contribution in [0.5, 0.6) is 0 Å².